The lowest BCUT2D eigenvalue weighted by molar-refractivity contribution is -0.122. The van der Waals surface area contributed by atoms with Crippen LogP contribution in [0, 0.1) is 6.92 Å². The second-order valence-electron chi connectivity index (χ2n) is 7.44. The summed E-state index contributed by atoms with van der Waals surface area (Å²) in [7, 11) is 0. The highest BCUT2D eigenvalue weighted by Gasteiger charge is 2.17. The molecule has 6 nitrogen and oxygen atoms in total. The zero-order valence-electron chi connectivity index (χ0n) is 17.1. The highest BCUT2D eigenvalue weighted by molar-refractivity contribution is 5.97. The predicted molar refractivity (Wildman–Crippen MR) is 112 cm³/mol. The Balaban J connectivity index is 1.54. The Labute approximate surface area is 172 Å². The molecule has 1 saturated heterocycles. The van der Waals surface area contributed by atoms with Gasteiger partial charge in [0.1, 0.15) is 6.04 Å². The normalized spacial score (nSPS) is 15.5. The van der Waals surface area contributed by atoms with Crippen LogP contribution in [0.2, 0.25) is 0 Å². The molecule has 1 unspecified atom stereocenters. The molecule has 0 radical (unpaired) electrons. The molecule has 1 fully saturated rings. The Hall–Kier alpha value is -2.70. The number of hydrogen-bond donors (Lipinski definition) is 2. The maximum Gasteiger partial charge on any atom is 0.251 e. The van der Waals surface area contributed by atoms with E-state index in [2.05, 4.69) is 21.6 Å². The van der Waals surface area contributed by atoms with Gasteiger partial charge in [0.05, 0.1) is 13.2 Å². The molecule has 1 aliphatic rings. The van der Waals surface area contributed by atoms with Gasteiger partial charge in [-0.05, 0) is 37.1 Å². The first-order valence-electron chi connectivity index (χ1n) is 10.0. The fourth-order valence-corrected chi connectivity index (χ4v) is 3.35. The summed E-state index contributed by atoms with van der Waals surface area (Å²) in [6.45, 7) is 8.27. The molecule has 0 saturated carbocycles. The Morgan fingerprint density at radius 3 is 2.52 bits per heavy atom. The van der Waals surface area contributed by atoms with Crippen LogP contribution < -0.4 is 10.6 Å². The van der Waals surface area contributed by atoms with Crippen LogP contribution in [0.3, 0.4) is 0 Å². The summed E-state index contributed by atoms with van der Waals surface area (Å²) in [5, 5.41) is 5.71. The number of amides is 2. The molecule has 6 heteroatoms. The monoisotopic (exact) mass is 395 g/mol. The molecule has 2 N–H and O–H groups in total. The summed E-state index contributed by atoms with van der Waals surface area (Å²) in [6.07, 6.45) is 0. The van der Waals surface area contributed by atoms with Gasteiger partial charge in [-0.3, -0.25) is 14.5 Å². The molecule has 3 rings (SSSR count). The number of nitrogens with one attached hydrogen (secondary N) is 2. The van der Waals surface area contributed by atoms with Crippen LogP contribution in [0.1, 0.15) is 34.0 Å². The van der Waals surface area contributed by atoms with E-state index in [1.807, 2.05) is 43.3 Å². The van der Waals surface area contributed by atoms with Crippen LogP contribution in [-0.4, -0.2) is 49.1 Å². The van der Waals surface area contributed by atoms with Crippen molar-refractivity contribution >= 4 is 11.8 Å². The summed E-state index contributed by atoms with van der Waals surface area (Å²) in [5.74, 6) is -0.448. The third kappa shape index (κ3) is 6.14. The standard InChI is InChI=1S/C23H29N3O3/c1-17-6-5-9-19(14-17)23(28)25-18(2)22(27)24-15-20-7-3-4-8-21(20)16-26-10-12-29-13-11-26/h3-9,14,18H,10-13,15-16H2,1-2H3,(H,24,27)(H,25,28). The Kier molecular flexibility index (Phi) is 7.38. The van der Waals surface area contributed by atoms with Gasteiger partial charge in [0, 0.05) is 31.7 Å². The molecule has 0 bridgehead atoms. The minimum atomic E-state index is -0.616. The van der Waals surface area contributed by atoms with Crippen molar-refractivity contribution in [2.24, 2.45) is 0 Å². The number of nitrogens with zero attached hydrogens (tertiary/aromatic N) is 1. The van der Waals surface area contributed by atoms with Crippen LogP contribution in [0.25, 0.3) is 0 Å². The largest absolute Gasteiger partial charge is 0.379 e. The topological polar surface area (TPSA) is 70.7 Å². The number of morpholine rings is 1. The van der Waals surface area contributed by atoms with Crippen molar-refractivity contribution in [3.8, 4) is 0 Å². The maximum atomic E-state index is 12.5. The number of carbonyl (C=O) groups is 2. The van der Waals surface area contributed by atoms with Crippen molar-refractivity contribution in [1.82, 2.24) is 15.5 Å². The van der Waals surface area contributed by atoms with Crippen molar-refractivity contribution in [3.05, 3.63) is 70.8 Å². The van der Waals surface area contributed by atoms with Crippen LogP contribution in [0.4, 0.5) is 0 Å². The number of rotatable bonds is 7. The van der Waals surface area contributed by atoms with Gasteiger partial charge in [0.15, 0.2) is 0 Å². The second kappa shape index (κ2) is 10.2. The third-order valence-corrected chi connectivity index (χ3v) is 5.09. The molecule has 2 aromatic rings. The van der Waals surface area contributed by atoms with Gasteiger partial charge in [-0.25, -0.2) is 0 Å². The van der Waals surface area contributed by atoms with Gasteiger partial charge in [0.25, 0.3) is 5.91 Å². The average Bonchev–Trinajstić information content (AvgIpc) is 2.73. The van der Waals surface area contributed by atoms with Crippen LogP contribution in [-0.2, 0) is 22.6 Å². The highest BCUT2D eigenvalue weighted by atomic mass is 16.5. The molecule has 1 atom stereocenters. The SMILES string of the molecule is Cc1cccc(C(=O)NC(C)C(=O)NCc2ccccc2CN2CCOCC2)c1. The van der Waals surface area contributed by atoms with Gasteiger partial charge in [-0.1, -0.05) is 42.0 Å². The van der Waals surface area contributed by atoms with Crippen molar-refractivity contribution in [3.63, 3.8) is 0 Å². The van der Waals surface area contributed by atoms with E-state index in [9.17, 15) is 9.59 Å². The molecule has 2 amide bonds. The van der Waals surface area contributed by atoms with Crippen molar-refractivity contribution < 1.29 is 14.3 Å². The number of hydrogen-bond acceptors (Lipinski definition) is 4. The summed E-state index contributed by atoms with van der Waals surface area (Å²) in [6, 6.07) is 14.8. The number of benzene rings is 2. The molecule has 0 spiro atoms. The van der Waals surface area contributed by atoms with Crippen molar-refractivity contribution in [2.45, 2.75) is 33.0 Å². The first-order chi connectivity index (χ1) is 14.0. The van der Waals surface area contributed by atoms with Gasteiger partial charge in [-0.2, -0.15) is 0 Å². The number of aryl methyl sites for hydroxylation is 1. The van der Waals surface area contributed by atoms with Crippen LogP contribution in [0.5, 0.6) is 0 Å². The van der Waals surface area contributed by atoms with Crippen molar-refractivity contribution in [1.29, 1.82) is 0 Å². The first kappa shape index (κ1) is 21.0. The Morgan fingerprint density at radius 2 is 1.79 bits per heavy atom. The van der Waals surface area contributed by atoms with Crippen molar-refractivity contribution in [2.75, 3.05) is 26.3 Å². The molecule has 0 aliphatic carbocycles. The van der Waals surface area contributed by atoms with E-state index in [1.165, 1.54) is 5.56 Å². The van der Waals surface area contributed by atoms with E-state index >= 15 is 0 Å². The summed E-state index contributed by atoms with van der Waals surface area (Å²) in [5.41, 5.74) is 3.85. The molecule has 1 aliphatic heterocycles. The van der Waals surface area contributed by atoms with E-state index in [1.54, 1.807) is 13.0 Å². The van der Waals surface area contributed by atoms with Gasteiger partial charge >= 0.3 is 0 Å². The van der Waals surface area contributed by atoms with Gasteiger partial charge < -0.3 is 15.4 Å². The molecule has 0 aromatic heterocycles. The number of ether oxygens (including phenoxy) is 1. The minimum Gasteiger partial charge on any atom is -0.379 e. The smallest absolute Gasteiger partial charge is 0.251 e. The van der Waals surface area contributed by atoms with Crippen LogP contribution in [0.15, 0.2) is 48.5 Å². The summed E-state index contributed by atoms with van der Waals surface area (Å²) in [4.78, 5) is 27.2. The lowest BCUT2D eigenvalue weighted by Gasteiger charge is -2.27. The average molecular weight is 396 g/mol. The fourth-order valence-electron chi connectivity index (χ4n) is 3.35. The van der Waals surface area contributed by atoms with E-state index in [-0.39, 0.29) is 11.8 Å². The quantitative estimate of drug-likeness (QED) is 0.755. The summed E-state index contributed by atoms with van der Waals surface area (Å²) < 4.78 is 5.41. The second-order valence-corrected chi connectivity index (χ2v) is 7.44. The Morgan fingerprint density at radius 1 is 1.07 bits per heavy atom. The zero-order chi connectivity index (χ0) is 20.6. The van der Waals surface area contributed by atoms with Crippen LogP contribution >= 0.6 is 0 Å². The summed E-state index contributed by atoms with van der Waals surface area (Å²) >= 11 is 0. The van der Waals surface area contributed by atoms with E-state index in [0.29, 0.717) is 12.1 Å². The molecule has 1 heterocycles. The maximum absolute atomic E-state index is 12.5. The molecular weight excluding hydrogens is 366 g/mol. The first-order valence-corrected chi connectivity index (χ1v) is 10.0. The van der Waals surface area contributed by atoms with E-state index in [4.69, 9.17) is 4.74 Å². The molecule has 154 valence electrons. The fraction of sp³-hybridized carbons (Fsp3) is 0.391. The molecule has 29 heavy (non-hydrogen) atoms. The lowest BCUT2D eigenvalue weighted by atomic mass is 10.1. The number of carbonyl (C=O) groups excluding carboxylic acids is 2. The predicted octanol–water partition coefficient (Wildman–Crippen LogP) is 2.26. The molecule has 2 aromatic carbocycles. The highest BCUT2D eigenvalue weighted by Crippen LogP contribution is 2.13. The third-order valence-electron chi connectivity index (χ3n) is 5.09. The minimum absolute atomic E-state index is 0.202. The van der Waals surface area contributed by atoms with E-state index < -0.39 is 6.04 Å². The van der Waals surface area contributed by atoms with Gasteiger partial charge in [0.2, 0.25) is 5.91 Å². The van der Waals surface area contributed by atoms with Gasteiger partial charge in [-0.15, -0.1) is 0 Å². The Bertz CT molecular complexity index is 847. The zero-order valence-corrected chi connectivity index (χ0v) is 17.1. The molecular formula is C23H29N3O3. The lowest BCUT2D eigenvalue weighted by Crippen LogP contribution is -2.44. The van der Waals surface area contributed by atoms with E-state index in [0.717, 1.165) is 44.0 Å².